The summed E-state index contributed by atoms with van der Waals surface area (Å²) in [5.41, 5.74) is -0.585. The van der Waals surface area contributed by atoms with Crippen LogP contribution in [0.25, 0.3) is 0 Å². The molecular formula is C36H39F6N3O7S2. The van der Waals surface area contributed by atoms with E-state index >= 15 is 0 Å². The number of carboxylic acid groups (broad SMARTS) is 1. The summed E-state index contributed by atoms with van der Waals surface area (Å²) >= 11 is 1.13. The smallest absolute Gasteiger partial charge is 0.389 e. The number of hydrogen-bond acceptors (Lipinski definition) is 8. The SMILES string of the molecule is CSc1cc2c(cc1OCC(=O)NC(C(=O)NCC(=O)O)c1ccccc1)S(=O)(=O)CC(CCCC(F)(F)F)(CCCC(F)(F)F)CN2c1ccccc1. The third-order valence-electron chi connectivity index (χ3n) is 8.74. The fourth-order valence-electron chi connectivity index (χ4n) is 6.36. The maximum absolute atomic E-state index is 14.3. The van der Waals surface area contributed by atoms with Crippen molar-refractivity contribution in [3.05, 3.63) is 78.4 Å². The third-order valence-corrected chi connectivity index (χ3v) is 11.5. The van der Waals surface area contributed by atoms with Crippen molar-refractivity contribution >= 4 is 50.8 Å². The minimum absolute atomic E-state index is 0.0544. The molecule has 1 aliphatic heterocycles. The van der Waals surface area contributed by atoms with Crippen molar-refractivity contribution in [2.45, 2.75) is 66.7 Å². The fraction of sp³-hybridized carbons (Fsp3) is 0.417. The van der Waals surface area contributed by atoms with Crippen LogP contribution in [0.3, 0.4) is 0 Å². The van der Waals surface area contributed by atoms with Crippen molar-refractivity contribution in [1.29, 1.82) is 0 Å². The molecule has 0 aromatic heterocycles. The summed E-state index contributed by atoms with van der Waals surface area (Å²) < 4.78 is 114. The number of sulfone groups is 1. The highest BCUT2D eigenvalue weighted by Gasteiger charge is 2.44. The summed E-state index contributed by atoms with van der Waals surface area (Å²) in [6, 6.07) is 17.7. The van der Waals surface area contributed by atoms with Gasteiger partial charge in [0, 0.05) is 36.6 Å². The van der Waals surface area contributed by atoms with E-state index in [9.17, 15) is 49.1 Å². The van der Waals surface area contributed by atoms with Gasteiger partial charge >= 0.3 is 18.3 Å². The summed E-state index contributed by atoms with van der Waals surface area (Å²) in [7, 11) is -4.42. The van der Waals surface area contributed by atoms with Crippen molar-refractivity contribution in [3.8, 4) is 5.75 Å². The monoisotopic (exact) mass is 803 g/mol. The number of halogens is 6. The molecule has 3 aromatic rings. The number of carbonyl (C=O) groups excluding carboxylic acids is 2. The summed E-state index contributed by atoms with van der Waals surface area (Å²) in [5, 5.41) is 13.7. The number of benzene rings is 3. The number of amides is 2. The van der Waals surface area contributed by atoms with Gasteiger partial charge in [0.2, 0.25) is 5.91 Å². The Hall–Kier alpha value is -4.45. The molecule has 3 aromatic carbocycles. The Labute approximate surface area is 312 Å². The van der Waals surface area contributed by atoms with Crippen LogP contribution in [-0.2, 0) is 24.2 Å². The van der Waals surface area contributed by atoms with Gasteiger partial charge in [0.1, 0.15) is 18.3 Å². The maximum atomic E-state index is 14.3. The number of thioether (sulfide) groups is 1. The van der Waals surface area contributed by atoms with E-state index in [1.54, 1.807) is 71.8 Å². The van der Waals surface area contributed by atoms with Gasteiger partial charge in [0.15, 0.2) is 16.4 Å². The molecule has 0 bridgehead atoms. The first-order chi connectivity index (χ1) is 25.3. The van der Waals surface area contributed by atoms with Gasteiger partial charge in [-0.2, -0.15) is 26.3 Å². The molecular weight excluding hydrogens is 765 g/mol. The number of alkyl halides is 6. The van der Waals surface area contributed by atoms with Crippen molar-refractivity contribution in [2.24, 2.45) is 5.41 Å². The second-order valence-electron chi connectivity index (χ2n) is 12.9. The number of fused-ring (bicyclic) bond motifs is 1. The molecule has 54 heavy (non-hydrogen) atoms. The van der Waals surface area contributed by atoms with E-state index in [-0.39, 0.29) is 35.7 Å². The minimum Gasteiger partial charge on any atom is -0.483 e. The molecule has 4 rings (SSSR count). The largest absolute Gasteiger partial charge is 0.483 e. The van der Waals surface area contributed by atoms with Crippen LogP contribution in [-0.4, -0.2) is 75.4 Å². The lowest BCUT2D eigenvalue weighted by Gasteiger charge is -2.37. The van der Waals surface area contributed by atoms with Crippen LogP contribution in [0.15, 0.2) is 82.6 Å². The fourth-order valence-corrected chi connectivity index (χ4v) is 9.02. The van der Waals surface area contributed by atoms with Crippen LogP contribution in [0.4, 0.5) is 37.7 Å². The zero-order valence-corrected chi connectivity index (χ0v) is 30.6. The lowest BCUT2D eigenvalue weighted by atomic mass is 9.79. The Balaban J connectivity index is 1.71. The molecule has 0 spiro atoms. The van der Waals surface area contributed by atoms with E-state index in [1.807, 2.05) is 0 Å². The van der Waals surface area contributed by atoms with Gasteiger partial charge in [-0.25, -0.2) is 8.42 Å². The Morgan fingerprint density at radius 3 is 2.04 bits per heavy atom. The van der Waals surface area contributed by atoms with Crippen molar-refractivity contribution in [3.63, 3.8) is 0 Å². The van der Waals surface area contributed by atoms with E-state index in [4.69, 9.17) is 9.84 Å². The number of nitrogens with one attached hydrogen (secondary N) is 2. The van der Waals surface area contributed by atoms with E-state index in [1.165, 1.54) is 12.1 Å². The van der Waals surface area contributed by atoms with Gasteiger partial charge < -0.3 is 25.4 Å². The molecule has 3 N–H and O–H groups in total. The third kappa shape index (κ3) is 12.0. The Morgan fingerprint density at radius 2 is 1.50 bits per heavy atom. The van der Waals surface area contributed by atoms with Gasteiger partial charge in [-0.05, 0) is 55.7 Å². The molecule has 0 fully saturated rings. The molecule has 0 saturated carbocycles. The van der Waals surface area contributed by atoms with Crippen LogP contribution in [0, 0.1) is 5.41 Å². The number of hydrogen-bond donors (Lipinski definition) is 3. The van der Waals surface area contributed by atoms with E-state index < -0.39 is 96.0 Å². The van der Waals surface area contributed by atoms with Crippen LogP contribution in [0.5, 0.6) is 5.75 Å². The molecule has 0 aliphatic carbocycles. The number of anilines is 2. The van der Waals surface area contributed by atoms with Gasteiger partial charge in [-0.3, -0.25) is 14.4 Å². The molecule has 1 heterocycles. The van der Waals surface area contributed by atoms with Gasteiger partial charge in [-0.1, -0.05) is 48.5 Å². The highest BCUT2D eigenvalue weighted by atomic mass is 32.2. The minimum atomic E-state index is -4.56. The molecule has 10 nitrogen and oxygen atoms in total. The predicted molar refractivity (Wildman–Crippen MR) is 189 cm³/mol. The van der Waals surface area contributed by atoms with E-state index in [0.29, 0.717) is 16.1 Å². The average Bonchev–Trinajstić information content (AvgIpc) is 3.19. The number of nitrogens with zero attached hydrogens (tertiary/aromatic N) is 1. The second kappa shape index (κ2) is 17.8. The predicted octanol–water partition coefficient (Wildman–Crippen LogP) is 7.22. The molecule has 294 valence electrons. The first-order valence-corrected chi connectivity index (χ1v) is 19.6. The summed E-state index contributed by atoms with van der Waals surface area (Å²) in [6.07, 6.45) is -11.6. The Bertz CT molecular complexity index is 1860. The first kappa shape index (κ1) is 42.3. The topological polar surface area (TPSA) is 142 Å². The zero-order valence-electron chi connectivity index (χ0n) is 29.0. The molecule has 1 atom stereocenters. The molecule has 0 saturated heterocycles. The summed E-state index contributed by atoms with van der Waals surface area (Å²) in [5.74, 6) is -3.74. The number of carbonyl (C=O) groups is 3. The van der Waals surface area contributed by atoms with Gasteiger partial charge in [-0.15, -0.1) is 11.8 Å². The lowest BCUT2D eigenvalue weighted by molar-refractivity contribution is -0.139. The second-order valence-corrected chi connectivity index (χ2v) is 15.7. The van der Waals surface area contributed by atoms with Crippen molar-refractivity contribution in [1.82, 2.24) is 10.6 Å². The lowest BCUT2D eigenvalue weighted by Crippen LogP contribution is -2.43. The van der Waals surface area contributed by atoms with Crippen LogP contribution in [0.2, 0.25) is 0 Å². The molecule has 0 radical (unpaired) electrons. The van der Waals surface area contributed by atoms with Crippen LogP contribution in [0.1, 0.15) is 50.1 Å². The zero-order chi connectivity index (χ0) is 39.7. The molecule has 2 amide bonds. The first-order valence-electron chi connectivity index (χ1n) is 16.7. The van der Waals surface area contributed by atoms with Crippen LogP contribution < -0.4 is 20.3 Å². The average molecular weight is 804 g/mol. The highest BCUT2D eigenvalue weighted by Crippen LogP contribution is 2.48. The standard InChI is InChI=1S/C36H39F6N3O7S2/c1-53-28-18-26-29(19-27(28)52-21-30(46)44-32(24-10-4-2-5-11-24)33(49)43-20-31(47)48)54(50,51)23-34(14-8-16-35(37,38)39,15-9-17-36(40,41)42)22-45(26)25-12-6-3-7-13-25/h2-7,10-13,18-19,32H,8-9,14-17,20-23H2,1H3,(H,43,49)(H,44,46)(H,47,48). The van der Waals surface area contributed by atoms with Gasteiger partial charge in [0.05, 0.1) is 21.2 Å². The van der Waals surface area contributed by atoms with Crippen LogP contribution >= 0.6 is 11.8 Å². The number of ether oxygens (including phenoxy) is 1. The number of para-hydroxylation sites is 1. The normalized spacial score (nSPS) is 15.7. The van der Waals surface area contributed by atoms with E-state index in [2.05, 4.69) is 10.6 Å². The molecule has 18 heteroatoms. The maximum Gasteiger partial charge on any atom is 0.389 e. The highest BCUT2D eigenvalue weighted by molar-refractivity contribution is 7.98. The summed E-state index contributed by atoms with van der Waals surface area (Å²) in [6.45, 7) is -1.62. The molecule has 1 aliphatic rings. The quantitative estimate of drug-likeness (QED) is 0.101. The molecule has 1 unspecified atom stereocenters. The summed E-state index contributed by atoms with van der Waals surface area (Å²) in [4.78, 5) is 38.7. The van der Waals surface area contributed by atoms with Gasteiger partial charge in [0.25, 0.3) is 5.91 Å². The van der Waals surface area contributed by atoms with E-state index in [0.717, 1.165) is 11.8 Å². The number of carboxylic acids is 1. The number of aliphatic carboxylic acids is 1. The van der Waals surface area contributed by atoms with Crippen molar-refractivity contribution < 1.29 is 59.0 Å². The Morgan fingerprint density at radius 1 is 0.926 bits per heavy atom. The Kier molecular flexibility index (Phi) is 13.9. The number of rotatable bonds is 16. The van der Waals surface area contributed by atoms with Crippen molar-refractivity contribution in [2.75, 3.05) is 36.6 Å².